The maximum atomic E-state index is 10.7. The molecule has 1 atom stereocenters. The second kappa shape index (κ2) is 1.95. The number of hydrogen-bond acceptors (Lipinski definition) is 2. The molecule has 2 rings (SSSR count). The van der Waals surface area contributed by atoms with Gasteiger partial charge in [-0.25, -0.2) is 5.23 Å². The molecule has 10 heavy (non-hydrogen) atoms. The average Bonchev–Trinajstić information content (AvgIpc) is 2.34. The predicted molar refractivity (Wildman–Crippen MR) is 34.5 cm³/mol. The van der Waals surface area contributed by atoms with Crippen LogP contribution in [0, 0.1) is 5.21 Å². The van der Waals surface area contributed by atoms with Gasteiger partial charge in [0.05, 0.1) is 0 Å². The fraction of sp³-hybridized carbons (Fsp3) is 0. The molecule has 0 aromatic heterocycles. The molecule has 0 saturated heterocycles. The molecule has 0 spiro atoms. The normalized spacial score (nSPS) is 21.9. The van der Waals surface area contributed by atoms with Crippen molar-refractivity contribution in [2.24, 2.45) is 0 Å². The minimum absolute atomic E-state index is 0.365. The predicted octanol–water partition coefficient (Wildman–Crippen LogP) is 0.566. The van der Waals surface area contributed by atoms with Gasteiger partial charge in [0.2, 0.25) is 0 Å². The van der Waals surface area contributed by atoms with E-state index in [1.54, 1.807) is 18.2 Å². The number of fused-ring (bicyclic) bond motifs is 1. The van der Waals surface area contributed by atoms with Crippen LogP contribution in [0.25, 0.3) is 5.48 Å². The summed E-state index contributed by atoms with van der Waals surface area (Å²) in [5.41, 5.74) is 4.69. The van der Waals surface area contributed by atoms with Crippen LogP contribution in [0.2, 0.25) is 0 Å². The van der Waals surface area contributed by atoms with E-state index in [1.807, 2.05) is 6.07 Å². The third-order valence-corrected chi connectivity index (χ3v) is 1.35. The van der Waals surface area contributed by atoms with E-state index in [9.17, 15) is 5.21 Å². The molecule has 1 heterocycles. The van der Waals surface area contributed by atoms with Gasteiger partial charge in [-0.05, 0) is 5.69 Å². The number of nitrogens with one attached hydrogen (secondary N) is 1. The second-order valence-corrected chi connectivity index (χ2v) is 1.99. The number of hydrogen-bond donors (Lipinski definition) is 1. The largest absolute Gasteiger partial charge is 0.596 e. The van der Waals surface area contributed by atoms with Crippen molar-refractivity contribution in [3.8, 4) is 0 Å². The fourth-order valence-electron chi connectivity index (χ4n) is 0.866. The zero-order valence-electron chi connectivity index (χ0n) is 5.07. The summed E-state index contributed by atoms with van der Waals surface area (Å²) < 4.78 is 0. The SMILES string of the molecule is [O-][NH+]1O[N-]c2ccccc21. The Hall–Kier alpha value is -1.10. The van der Waals surface area contributed by atoms with Crippen molar-refractivity contribution in [3.05, 3.63) is 35.0 Å². The molecule has 1 aliphatic rings. The van der Waals surface area contributed by atoms with Gasteiger partial charge in [-0.15, -0.1) is 0 Å². The lowest BCUT2D eigenvalue weighted by Gasteiger charge is -2.15. The summed E-state index contributed by atoms with van der Waals surface area (Å²) in [6, 6.07) is 7.01. The molecule has 1 N–H and O–H groups in total. The smallest absolute Gasteiger partial charge is 0.149 e. The highest BCUT2D eigenvalue weighted by atomic mass is 17.0. The molecular weight excluding hydrogens is 132 g/mol. The molecule has 52 valence electrons. The lowest BCUT2D eigenvalue weighted by Crippen LogP contribution is -2.98. The van der Waals surface area contributed by atoms with Gasteiger partial charge < -0.3 is 10.7 Å². The molecule has 0 fully saturated rings. The highest BCUT2D eigenvalue weighted by molar-refractivity contribution is 5.63. The van der Waals surface area contributed by atoms with Gasteiger partial charge in [-0.3, -0.25) is 4.94 Å². The zero-order chi connectivity index (χ0) is 6.97. The topological polar surface area (TPSA) is 50.8 Å². The Kier molecular flexibility index (Phi) is 1.10. The van der Waals surface area contributed by atoms with Crippen LogP contribution in [-0.2, 0) is 4.94 Å². The third-order valence-electron chi connectivity index (χ3n) is 1.35. The van der Waals surface area contributed by atoms with Crippen LogP contribution in [0.3, 0.4) is 0 Å². The van der Waals surface area contributed by atoms with Crippen LogP contribution in [0.1, 0.15) is 0 Å². The van der Waals surface area contributed by atoms with Crippen LogP contribution in [-0.4, -0.2) is 0 Å². The monoisotopic (exact) mass is 137 g/mol. The van der Waals surface area contributed by atoms with Crippen LogP contribution in [0.4, 0.5) is 11.4 Å². The van der Waals surface area contributed by atoms with Crippen LogP contribution in [0.5, 0.6) is 0 Å². The van der Waals surface area contributed by atoms with Gasteiger partial charge in [0.15, 0.2) is 0 Å². The van der Waals surface area contributed by atoms with Crippen LogP contribution < -0.4 is 5.23 Å². The maximum Gasteiger partial charge on any atom is 0.149 e. The lowest BCUT2D eigenvalue weighted by molar-refractivity contribution is -0.980. The van der Waals surface area contributed by atoms with E-state index in [2.05, 4.69) is 10.4 Å². The summed E-state index contributed by atoms with van der Waals surface area (Å²) in [6.07, 6.45) is 0. The van der Waals surface area contributed by atoms with Crippen LogP contribution in [0.15, 0.2) is 24.3 Å². The minimum Gasteiger partial charge on any atom is -0.596 e. The summed E-state index contributed by atoms with van der Waals surface area (Å²) in [5.74, 6) is 0. The Morgan fingerprint density at radius 3 is 3.00 bits per heavy atom. The van der Waals surface area contributed by atoms with Crippen molar-refractivity contribution in [2.45, 2.75) is 0 Å². The van der Waals surface area contributed by atoms with Crippen molar-refractivity contribution in [3.63, 3.8) is 0 Å². The molecule has 1 aromatic carbocycles. The summed E-state index contributed by atoms with van der Waals surface area (Å²) in [4.78, 5) is 4.41. The van der Waals surface area contributed by atoms with E-state index >= 15 is 0 Å². The van der Waals surface area contributed by atoms with Gasteiger partial charge in [-0.2, -0.15) is 0 Å². The molecule has 0 saturated carbocycles. The molecule has 0 amide bonds. The number of quaternary nitrogens is 1. The van der Waals surface area contributed by atoms with Crippen LogP contribution >= 0.6 is 0 Å². The molecule has 0 bridgehead atoms. The average molecular weight is 137 g/mol. The lowest BCUT2D eigenvalue weighted by atomic mass is 10.3. The van der Waals surface area contributed by atoms with E-state index in [4.69, 9.17) is 0 Å². The maximum absolute atomic E-state index is 10.7. The first-order valence-corrected chi connectivity index (χ1v) is 2.89. The first-order valence-electron chi connectivity index (χ1n) is 2.89. The Labute approximate surface area is 57.5 Å². The third kappa shape index (κ3) is 0.672. The first kappa shape index (κ1) is 5.67. The van der Waals surface area contributed by atoms with Gasteiger partial charge in [0.25, 0.3) is 0 Å². The number of rotatable bonds is 0. The summed E-state index contributed by atoms with van der Waals surface area (Å²) >= 11 is 0. The molecular formula is C6H5N2O2-. The van der Waals surface area contributed by atoms with E-state index in [0.29, 0.717) is 11.4 Å². The summed E-state index contributed by atoms with van der Waals surface area (Å²) in [6.45, 7) is 0. The fourth-order valence-corrected chi connectivity index (χ4v) is 0.866. The van der Waals surface area contributed by atoms with Crippen molar-refractivity contribution in [1.82, 2.24) is 0 Å². The van der Waals surface area contributed by atoms with Crippen molar-refractivity contribution in [1.29, 1.82) is 0 Å². The summed E-state index contributed by atoms with van der Waals surface area (Å²) in [5, 5.41) is 10.4. The number of nitrogens with zero attached hydrogens (tertiary/aromatic N) is 1. The van der Waals surface area contributed by atoms with E-state index in [1.165, 1.54) is 0 Å². The number of benzene rings is 1. The molecule has 4 nitrogen and oxygen atoms in total. The molecule has 1 aromatic rings. The quantitative estimate of drug-likeness (QED) is 0.531. The molecule has 4 heteroatoms. The molecule has 1 unspecified atom stereocenters. The Bertz CT molecular complexity index is 251. The highest BCUT2D eigenvalue weighted by Crippen LogP contribution is 2.28. The van der Waals surface area contributed by atoms with E-state index in [-0.39, 0.29) is 5.23 Å². The van der Waals surface area contributed by atoms with Gasteiger partial charge >= 0.3 is 0 Å². The molecule has 0 radical (unpaired) electrons. The standard InChI is InChI=1S/C6H5N2O2/c9-8-6-4-2-1-3-5(6)7-10-8/h1-4,8H/q-1. The van der Waals surface area contributed by atoms with Crippen molar-refractivity contribution < 1.29 is 10.2 Å². The molecule has 0 aliphatic carbocycles. The summed E-state index contributed by atoms with van der Waals surface area (Å²) in [7, 11) is 0. The van der Waals surface area contributed by atoms with Gasteiger partial charge in [0.1, 0.15) is 5.69 Å². The molecule has 1 aliphatic heterocycles. The van der Waals surface area contributed by atoms with E-state index in [0.717, 1.165) is 0 Å². The van der Waals surface area contributed by atoms with Crippen molar-refractivity contribution in [2.75, 3.05) is 0 Å². The van der Waals surface area contributed by atoms with Gasteiger partial charge in [0, 0.05) is 6.07 Å². The van der Waals surface area contributed by atoms with Gasteiger partial charge in [-0.1, -0.05) is 18.2 Å². The Morgan fingerprint density at radius 1 is 1.40 bits per heavy atom. The zero-order valence-corrected chi connectivity index (χ0v) is 5.07. The van der Waals surface area contributed by atoms with E-state index < -0.39 is 0 Å². The first-order chi connectivity index (χ1) is 4.88. The van der Waals surface area contributed by atoms with Crippen molar-refractivity contribution >= 4 is 11.4 Å². The Balaban J connectivity index is 2.51. The minimum atomic E-state index is -0.365. The Morgan fingerprint density at radius 2 is 2.20 bits per heavy atom. The second-order valence-electron chi connectivity index (χ2n) is 1.99. The highest BCUT2D eigenvalue weighted by Gasteiger charge is 2.07.